The van der Waals surface area contributed by atoms with Crippen molar-refractivity contribution in [2.75, 3.05) is 13.7 Å². The average molecular weight is 275 g/mol. The molecule has 1 aliphatic rings. The van der Waals surface area contributed by atoms with Crippen LogP contribution in [0.15, 0.2) is 18.2 Å². The van der Waals surface area contributed by atoms with Crippen molar-refractivity contribution in [1.82, 2.24) is 5.32 Å². The maximum Gasteiger partial charge on any atom is 0.220 e. The van der Waals surface area contributed by atoms with Crippen LogP contribution in [0.2, 0.25) is 0 Å². The number of rotatable bonds is 6. The SMILES string of the molecule is COc1ccc(C)cc1CCNC(=O)CC1CCCC1. The topological polar surface area (TPSA) is 38.3 Å². The summed E-state index contributed by atoms with van der Waals surface area (Å²) in [5.74, 6) is 1.72. The smallest absolute Gasteiger partial charge is 0.220 e. The summed E-state index contributed by atoms with van der Waals surface area (Å²) in [7, 11) is 1.69. The summed E-state index contributed by atoms with van der Waals surface area (Å²) in [5, 5.41) is 3.03. The third kappa shape index (κ3) is 4.26. The lowest BCUT2D eigenvalue weighted by molar-refractivity contribution is -0.121. The molecule has 0 atom stereocenters. The zero-order valence-corrected chi connectivity index (χ0v) is 12.6. The van der Waals surface area contributed by atoms with E-state index in [1.165, 1.54) is 31.2 Å². The number of carbonyl (C=O) groups excluding carboxylic acids is 1. The molecule has 0 unspecified atom stereocenters. The standard InChI is InChI=1S/C17H25NO2/c1-13-7-8-16(20-2)15(11-13)9-10-18-17(19)12-14-5-3-4-6-14/h7-8,11,14H,3-6,9-10,12H2,1-2H3,(H,18,19). The number of amides is 1. The molecular weight excluding hydrogens is 250 g/mol. The molecule has 1 fully saturated rings. The van der Waals surface area contributed by atoms with E-state index >= 15 is 0 Å². The van der Waals surface area contributed by atoms with Gasteiger partial charge in [0.15, 0.2) is 0 Å². The first-order valence-electron chi connectivity index (χ1n) is 7.59. The second-order valence-electron chi connectivity index (χ2n) is 5.77. The van der Waals surface area contributed by atoms with Crippen LogP contribution >= 0.6 is 0 Å². The normalized spacial score (nSPS) is 15.3. The molecule has 0 saturated heterocycles. The first-order valence-corrected chi connectivity index (χ1v) is 7.59. The minimum Gasteiger partial charge on any atom is -0.496 e. The first kappa shape index (κ1) is 14.9. The molecule has 2 rings (SSSR count). The highest BCUT2D eigenvalue weighted by Gasteiger charge is 2.18. The van der Waals surface area contributed by atoms with Gasteiger partial charge in [-0.15, -0.1) is 0 Å². The molecule has 1 aromatic carbocycles. The maximum atomic E-state index is 11.9. The fourth-order valence-corrected chi connectivity index (χ4v) is 2.99. The van der Waals surface area contributed by atoms with Gasteiger partial charge in [0, 0.05) is 13.0 Å². The molecule has 1 aliphatic carbocycles. The zero-order valence-electron chi connectivity index (χ0n) is 12.6. The highest BCUT2D eigenvalue weighted by molar-refractivity contribution is 5.76. The Morgan fingerprint density at radius 3 is 2.80 bits per heavy atom. The minimum absolute atomic E-state index is 0.198. The Kier molecular flexibility index (Phi) is 5.45. The van der Waals surface area contributed by atoms with Gasteiger partial charge in [-0.1, -0.05) is 30.5 Å². The van der Waals surface area contributed by atoms with Crippen LogP contribution in [0.3, 0.4) is 0 Å². The van der Waals surface area contributed by atoms with Crippen LogP contribution < -0.4 is 10.1 Å². The van der Waals surface area contributed by atoms with Gasteiger partial charge in [0.25, 0.3) is 0 Å². The van der Waals surface area contributed by atoms with Crippen LogP contribution in [0.1, 0.15) is 43.2 Å². The summed E-state index contributed by atoms with van der Waals surface area (Å²) < 4.78 is 5.35. The number of hydrogen-bond donors (Lipinski definition) is 1. The lowest BCUT2D eigenvalue weighted by Gasteiger charge is -2.12. The molecule has 0 heterocycles. The Morgan fingerprint density at radius 1 is 1.35 bits per heavy atom. The molecule has 0 radical (unpaired) electrons. The van der Waals surface area contributed by atoms with Crippen LogP contribution in [0.4, 0.5) is 0 Å². The highest BCUT2D eigenvalue weighted by Crippen LogP contribution is 2.27. The zero-order chi connectivity index (χ0) is 14.4. The highest BCUT2D eigenvalue weighted by atomic mass is 16.5. The Balaban J connectivity index is 1.77. The van der Waals surface area contributed by atoms with E-state index in [0.29, 0.717) is 18.9 Å². The lowest BCUT2D eigenvalue weighted by atomic mass is 10.0. The lowest BCUT2D eigenvalue weighted by Crippen LogP contribution is -2.27. The molecule has 0 spiro atoms. The number of nitrogens with one attached hydrogen (secondary N) is 1. The van der Waals surface area contributed by atoms with Crippen molar-refractivity contribution in [3.63, 3.8) is 0 Å². The monoisotopic (exact) mass is 275 g/mol. The quantitative estimate of drug-likeness (QED) is 0.865. The van der Waals surface area contributed by atoms with Crippen molar-refractivity contribution in [2.45, 2.75) is 45.4 Å². The van der Waals surface area contributed by atoms with Crippen molar-refractivity contribution in [1.29, 1.82) is 0 Å². The summed E-state index contributed by atoms with van der Waals surface area (Å²) >= 11 is 0. The van der Waals surface area contributed by atoms with Crippen molar-refractivity contribution in [3.05, 3.63) is 29.3 Å². The molecule has 3 nitrogen and oxygen atoms in total. The molecule has 0 aromatic heterocycles. The number of benzene rings is 1. The number of carbonyl (C=O) groups is 1. The summed E-state index contributed by atoms with van der Waals surface area (Å²) in [6.07, 6.45) is 6.54. The maximum absolute atomic E-state index is 11.9. The van der Waals surface area contributed by atoms with Crippen molar-refractivity contribution in [2.24, 2.45) is 5.92 Å². The second kappa shape index (κ2) is 7.32. The van der Waals surface area contributed by atoms with Gasteiger partial charge in [-0.2, -0.15) is 0 Å². The number of ether oxygens (including phenoxy) is 1. The molecule has 20 heavy (non-hydrogen) atoms. The number of aryl methyl sites for hydroxylation is 1. The van der Waals surface area contributed by atoms with E-state index < -0.39 is 0 Å². The first-order chi connectivity index (χ1) is 9.69. The Morgan fingerprint density at radius 2 is 2.10 bits per heavy atom. The third-order valence-corrected chi connectivity index (χ3v) is 4.10. The molecular formula is C17H25NO2. The van der Waals surface area contributed by atoms with E-state index in [2.05, 4.69) is 18.3 Å². The summed E-state index contributed by atoms with van der Waals surface area (Å²) in [5.41, 5.74) is 2.38. The van der Waals surface area contributed by atoms with Gasteiger partial charge >= 0.3 is 0 Å². The van der Waals surface area contributed by atoms with Crippen LogP contribution in [-0.4, -0.2) is 19.6 Å². The molecule has 1 N–H and O–H groups in total. The van der Waals surface area contributed by atoms with Gasteiger partial charge in [0.05, 0.1) is 7.11 Å². The van der Waals surface area contributed by atoms with E-state index in [4.69, 9.17) is 4.74 Å². The molecule has 110 valence electrons. The molecule has 0 aliphatic heterocycles. The predicted octanol–water partition coefficient (Wildman–Crippen LogP) is 3.24. The second-order valence-corrected chi connectivity index (χ2v) is 5.77. The predicted molar refractivity (Wildman–Crippen MR) is 81.0 cm³/mol. The fraction of sp³-hybridized carbons (Fsp3) is 0.588. The van der Waals surface area contributed by atoms with Crippen LogP contribution in [0.5, 0.6) is 5.75 Å². The fourth-order valence-electron chi connectivity index (χ4n) is 2.99. The Bertz CT molecular complexity index is 450. The summed E-state index contributed by atoms with van der Waals surface area (Å²) in [6.45, 7) is 2.76. The van der Waals surface area contributed by atoms with Gasteiger partial charge in [-0.25, -0.2) is 0 Å². The van der Waals surface area contributed by atoms with Crippen molar-refractivity contribution >= 4 is 5.91 Å². The van der Waals surface area contributed by atoms with E-state index in [1.807, 2.05) is 12.1 Å². The molecule has 0 bridgehead atoms. The van der Waals surface area contributed by atoms with E-state index in [1.54, 1.807) is 7.11 Å². The Hall–Kier alpha value is -1.51. The van der Waals surface area contributed by atoms with Crippen molar-refractivity contribution in [3.8, 4) is 5.75 Å². The summed E-state index contributed by atoms with van der Waals surface area (Å²) in [4.78, 5) is 11.9. The van der Waals surface area contributed by atoms with Gasteiger partial charge in [-0.3, -0.25) is 4.79 Å². The molecule has 1 saturated carbocycles. The summed E-state index contributed by atoms with van der Waals surface area (Å²) in [6, 6.07) is 6.16. The molecule has 3 heteroatoms. The molecule has 1 amide bonds. The van der Waals surface area contributed by atoms with Gasteiger partial charge in [0.1, 0.15) is 5.75 Å². The van der Waals surface area contributed by atoms with E-state index in [9.17, 15) is 4.79 Å². The van der Waals surface area contributed by atoms with Gasteiger partial charge < -0.3 is 10.1 Å². The van der Waals surface area contributed by atoms with Crippen LogP contribution in [-0.2, 0) is 11.2 Å². The average Bonchev–Trinajstić information content (AvgIpc) is 2.92. The van der Waals surface area contributed by atoms with E-state index in [0.717, 1.165) is 17.7 Å². The van der Waals surface area contributed by atoms with E-state index in [-0.39, 0.29) is 5.91 Å². The molecule has 1 aromatic rings. The van der Waals surface area contributed by atoms with Gasteiger partial charge in [0.2, 0.25) is 5.91 Å². The number of methoxy groups -OCH3 is 1. The van der Waals surface area contributed by atoms with Crippen LogP contribution in [0, 0.1) is 12.8 Å². The van der Waals surface area contributed by atoms with Gasteiger partial charge in [-0.05, 0) is 43.7 Å². The Labute approximate surface area is 121 Å². The van der Waals surface area contributed by atoms with Crippen molar-refractivity contribution < 1.29 is 9.53 Å². The largest absolute Gasteiger partial charge is 0.496 e. The third-order valence-electron chi connectivity index (χ3n) is 4.10. The van der Waals surface area contributed by atoms with Crippen LogP contribution in [0.25, 0.3) is 0 Å². The minimum atomic E-state index is 0.198. The number of hydrogen-bond acceptors (Lipinski definition) is 2.